The Hall–Kier alpha value is -0.740. The summed E-state index contributed by atoms with van der Waals surface area (Å²) in [6.45, 7) is 6.24. The lowest BCUT2D eigenvalue weighted by Crippen LogP contribution is -2.28. The van der Waals surface area contributed by atoms with Crippen LogP contribution < -0.4 is 4.90 Å². The third-order valence-electron chi connectivity index (χ3n) is 3.13. The SMILES string of the molecule is Cc1cc(C)c(CO)c(N2CCCSCC2)n1. The van der Waals surface area contributed by atoms with E-state index in [0.717, 1.165) is 41.5 Å². The van der Waals surface area contributed by atoms with Crippen molar-refractivity contribution in [1.82, 2.24) is 4.98 Å². The number of aliphatic hydroxyl groups excluding tert-OH is 1. The summed E-state index contributed by atoms with van der Waals surface area (Å²) in [5, 5.41) is 9.52. The molecule has 0 spiro atoms. The zero-order chi connectivity index (χ0) is 12.3. The second-order valence-electron chi connectivity index (χ2n) is 4.49. The van der Waals surface area contributed by atoms with Crippen LogP contribution in [0, 0.1) is 13.8 Å². The Morgan fingerprint density at radius 3 is 2.94 bits per heavy atom. The minimum Gasteiger partial charge on any atom is -0.392 e. The molecule has 17 heavy (non-hydrogen) atoms. The number of pyridine rings is 1. The van der Waals surface area contributed by atoms with Crippen molar-refractivity contribution < 1.29 is 5.11 Å². The Labute approximate surface area is 107 Å². The van der Waals surface area contributed by atoms with E-state index in [2.05, 4.69) is 16.8 Å². The van der Waals surface area contributed by atoms with Gasteiger partial charge in [-0.3, -0.25) is 0 Å². The van der Waals surface area contributed by atoms with Crippen molar-refractivity contribution >= 4 is 17.6 Å². The maximum atomic E-state index is 9.52. The second kappa shape index (κ2) is 5.74. The van der Waals surface area contributed by atoms with Gasteiger partial charge in [-0.2, -0.15) is 11.8 Å². The van der Waals surface area contributed by atoms with Crippen LogP contribution in [0.2, 0.25) is 0 Å². The Kier molecular flexibility index (Phi) is 4.29. The number of hydrogen-bond donors (Lipinski definition) is 1. The molecule has 1 aromatic heterocycles. The molecule has 2 rings (SSSR count). The first-order chi connectivity index (χ1) is 8.22. The molecule has 4 heteroatoms. The van der Waals surface area contributed by atoms with Gasteiger partial charge in [0.1, 0.15) is 5.82 Å². The second-order valence-corrected chi connectivity index (χ2v) is 5.72. The number of aryl methyl sites for hydroxylation is 2. The molecule has 1 fully saturated rings. The average Bonchev–Trinajstić information content (AvgIpc) is 2.56. The van der Waals surface area contributed by atoms with E-state index >= 15 is 0 Å². The predicted octanol–water partition coefficient (Wildman–Crippen LogP) is 2.13. The number of thioether (sulfide) groups is 1. The minimum absolute atomic E-state index is 0.0814. The summed E-state index contributed by atoms with van der Waals surface area (Å²) >= 11 is 2.00. The van der Waals surface area contributed by atoms with Gasteiger partial charge in [-0.1, -0.05) is 0 Å². The fraction of sp³-hybridized carbons (Fsp3) is 0.615. The quantitative estimate of drug-likeness (QED) is 0.875. The first-order valence-corrected chi connectivity index (χ1v) is 7.28. The van der Waals surface area contributed by atoms with Gasteiger partial charge >= 0.3 is 0 Å². The molecule has 1 aliphatic rings. The summed E-state index contributed by atoms with van der Waals surface area (Å²) in [5.74, 6) is 3.38. The van der Waals surface area contributed by atoms with Gasteiger partial charge < -0.3 is 10.0 Å². The molecule has 1 aromatic rings. The van der Waals surface area contributed by atoms with Crippen LogP contribution >= 0.6 is 11.8 Å². The first-order valence-electron chi connectivity index (χ1n) is 6.13. The Morgan fingerprint density at radius 2 is 2.18 bits per heavy atom. The monoisotopic (exact) mass is 252 g/mol. The van der Waals surface area contributed by atoms with Crippen molar-refractivity contribution in [3.63, 3.8) is 0 Å². The lowest BCUT2D eigenvalue weighted by Gasteiger charge is -2.24. The molecular formula is C13H20N2OS. The normalized spacial score (nSPS) is 17.0. The summed E-state index contributed by atoms with van der Waals surface area (Å²) in [6, 6.07) is 2.04. The van der Waals surface area contributed by atoms with E-state index in [-0.39, 0.29) is 6.61 Å². The molecule has 0 saturated carbocycles. The highest BCUT2D eigenvalue weighted by atomic mass is 32.2. The molecule has 94 valence electrons. The van der Waals surface area contributed by atoms with E-state index in [4.69, 9.17) is 0 Å². The highest BCUT2D eigenvalue weighted by molar-refractivity contribution is 7.99. The highest BCUT2D eigenvalue weighted by Crippen LogP contribution is 2.24. The van der Waals surface area contributed by atoms with Crippen LogP contribution in [-0.4, -0.2) is 34.7 Å². The zero-order valence-corrected chi connectivity index (χ0v) is 11.4. The maximum Gasteiger partial charge on any atom is 0.134 e. The zero-order valence-electron chi connectivity index (χ0n) is 10.6. The number of anilines is 1. The van der Waals surface area contributed by atoms with Crippen molar-refractivity contribution in [1.29, 1.82) is 0 Å². The van der Waals surface area contributed by atoms with Gasteiger partial charge in [0, 0.05) is 30.1 Å². The van der Waals surface area contributed by atoms with Crippen LogP contribution in [0.1, 0.15) is 23.2 Å². The molecule has 0 bridgehead atoms. The smallest absolute Gasteiger partial charge is 0.134 e. The van der Waals surface area contributed by atoms with Crippen LogP contribution in [0.25, 0.3) is 0 Å². The summed E-state index contributed by atoms with van der Waals surface area (Å²) in [4.78, 5) is 6.95. The third-order valence-corrected chi connectivity index (χ3v) is 4.18. The van der Waals surface area contributed by atoms with Crippen molar-refractivity contribution in [3.05, 3.63) is 22.9 Å². The van der Waals surface area contributed by atoms with E-state index in [1.165, 1.54) is 12.2 Å². The molecule has 2 heterocycles. The Balaban J connectivity index is 2.34. The summed E-state index contributed by atoms with van der Waals surface area (Å²) in [6.07, 6.45) is 1.20. The summed E-state index contributed by atoms with van der Waals surface area (Å²) in [5.41, 5.74) is 3.17. The first kappa shape index (κ1) is 12.7. The van der Waals surface area contributed by atoms with Crippen LogP contribution in [0.15, 0.2) is 6.07 Å². The number of hydrogen-bond acceptors (Lipinski definition) is 4. The molecule has 0 amide bonds. The van der Waals surface area contributed by atoms with E-state index in [9.17, 15) is 5.11 Å². The number of rotatable bonds is 2. The number of nitrogens with zero attached hydrogens (tertiary/aromatic N) is 2. The number of aliphatic hydroxyl groups is 1. The molecule has 1 N–H and O–H groups in total. The van der Waals surface area contributed by atoms with Crippen molar-refractivity contribution in [2.45, 2.75) is 26.9 Å². The van der Waals surface area contributed by atoms with Crippen molar-refractivity contribution in [2.75, 3.05) is 29.5 Å². The van der Waals surface area contributed by atoms with Gasteiger partial charge in [0.2, 0.25) is 0 Å². The molecule has 1 saturated heterocycles. The molecule has 0 aliphatic carbocycles. The van der Waals surface area contributed by atoms with Gasteiger partial charge in [-0.05, 0) is 37.7 Å². The fourth-order valence-corrected chi connectivity index (χ4v) is 3.15. The van der Waals surface area contributed by atoms with Crippen LogP contribution in [0.3, 0.4) is 0 Å². The summed E-state index contributed by atoms with van der Waals surface area (Å²) < 4.78 is 0. The van der Waals surface area contributed by atoms with Gasteiger partial charge in [0.15, 0.2) is 0 Å². The van der Waals surface area contributed by atoms with Crippen molar-refractivity contribution in [3.8, 4) is 0 Å². The molecule has 0 unspecified atom stereocenters. The minimum atomic E-state index is 0.0814. The maximum absolute atomic E-state index is 9.52. The van der Waals surface area contributed by atoms with Gasteiger partial charge in [0.05, 0.1) is 6.61 Å². The molecule has 0 radical (unpaired) electrons. The summed E-state index contributed by atoms with van der Waals surface area (Å²) in [7, 11) is 0. The lowest BCUT2D eigenvalue weighted by atomic mass is 10.1. The fourth-order valence-electron chi connectivity index (χ4n) is 2.26. The molecule has 0 aromatic carbocycles. The third kappa shape index (κ3) is 2.93. The Morgan fingerprint density at radius 1 is 1.35 bits per heavy atom. The van der Waals surface area contributed by atoms with Crippen LogP contribution in [0.5, 0.6) is 0 Å². The van der Waals surface area contributed by atoms with Gasteiger partial charge in [0.25, 0.3) is 0 Å². The average molecular weight is 252 g/mol. The van der Waals surface area contributed by atoms with E-state index in [1.54, 1.807) is 0 Å². The molecule has 1 aliphatic heterocycles. The standard InChI is InChI=1S/C13H20N2OS/c1-10-8-11(2)14-13(12(10)9-16)15-4-3-6-17-7-5-15/h8,16H,3-7,9H2,1-2H3. The van der Waals surface area contributed by atoms with E-state index < -0.39 is 0 Å². The molecule has 3 nitrogen and oxygen atoms in total. The molecular weight excluding hydrogens is 232 g/mol. The number of aromatic nitrogens is 1. The topological polar surface area (TPSA) is 36.4 Å². The van der Waals surface area contributed by atoms with Crippen LogP contribution in [0.4, 0.5) is 5.82 Å². The highest BCUT2D eigenvalue weighted by Gasteiger charge is 2.16. The lowest BCUT2D eigenvalue weighted by molar-refractivity contribution is 0.280. The largest absolute Gasteiger partial charge is 0.392 e. The van der Waals surface area contributed by atoms with Crippen molar-refractivity contribution in [2.24, 2.45) is 0 Å². The van der Waals surface area contributed by atoms with Gasteiger partial charge in [-0.15, -0.1) is 0 Å². The van der Waals surface area contributed by atoms with Crippen LogP contribution in [-0.2, 0) is 6.61 Å². The molecule has 0 atom stereocenters. The van der Waals surface area contributed by atoms with E-state index in [1.807, 2.05) is 24.8 Å². The van der Waals surface area contributed by atoms with E-state index in [0.29, 0.717) is 0 Å². The Bertz CT molecular complexity index is 387. The predicted molar refractivity (Wildman–Crippen MR) is 73.8 cm³/mol. The van der Waals surface area contributed by atoms with Gasteiger partial charge in [-0.25, -0.2) is 4.98 Å².